The maximum atomic E-state index is 12.4. The molecule has 6 nitrogen and oxygen atoms in total. The fourth-order valence-electron chi connectivity index (χ4n) is 6.52. The van der Waals surface area contributed by atoms with Gasteiger partial charge >= 0.3 is 0 Å². The SMILES string of the molecule is CC(C)(C)C1=CC(C=C(CCCCCCC(=CC2C=C(C(C)(C)C)C(O)=C(C(C)(C)C)C2)C(N)=O)C(N)=O)CC(C(C)(C)C)=C1O. The van der Waals surface area contributed by atoms with Crippen LogP contribution in [0, 0.1) is 33.5 Å². The highest BCUT2D eigenvalue weighted by Crippen LogP contribution is 2.46. The average Bonchev–Trinajstić information content (AvgIpc) is 2.87. The largest absolute Gasteiger partial charge is 0.508 e. The summed E-state index contributed by atoms with van der Waals surface area (Å²) in [5, 5.41) is 22.2. The lowest BCUT2D eigenvalue weighted by Gasteiger charge is -2.35. The van der Waals surface area contributed by atoms with Crippen LogP contribution >= 0.6 is 0 Å². The van der Waals surface area contributed by atoms with Gasteiger partial charge in [-0.05, 0) is 82.5 Å². The minimum Gasteiger partial charge on any atom is -0.508 e. The molecule has 0 aliphatic heterocycles. The molecule has 0 bridgehead atoms. The van der Waals surface area contributed by atoms with E-state index in [2.05, 4.69) is 95.2 Å². The van der Waals surface area contributed by atoms with Gasteiger partial charge in [0.2, 0.25) is 11.8 Å². The lowest BCUT2D eigenvalue weighted by molar-refractivity contribution is -0.115. The Hall–Kier alpha value is -3.02. The molecule has 0 fully saturated rings. The first-order valence-corrected chi connectivity index (χ1v) is 17.2. The summed E-state index contributed by atoms with van der Waals surface area (Å²) in [5.41, 5.74) is 15.9. The zero-order chi connectivity index (χ0) is 35.4. The van der Waals surface area contributed by atoms with E-state index in [0.29, 0.717) is 48.3 Å². The third-order valence-corrected chi connectivity index (χ3v) is 9.26. The predicted molar refractivity (Wildman–Crippen MR) is 192 cm³/mol. The van der Waals surface area contributed by atoms with Gasteiger partial charge in [0.1, 0.15) is 11.5 Å². The Morgan fingerprint density at radius 3 is 1.15 bits per heavy atom. The van der Waals surface area contributed by atoms with E-state index in [0.717, 1.165) is 48.0 Å². The van der Waals surface area contributed by atoms with Gasteiger partial charge in [0.05, 0.1) is 0 Å². The molecule has 0 spiro atoms. The van der Waals surface area contributed by atoms with Crippen LogP contribution in [-0.4, -0.2) is 22.0 Å². The van der Waals surface area contributed by atoms with Gasteiger partial charge in [0.15, 0.2) is 0 Å². The van der Waals surface area contributed by atoms with Gasteiger partial charge in [-0.25, -0.2) is 0 Å². The molecule has 0 saturated carbocycles. The van der Waals surface area contributed by atoms with Crippen LogP contribution in [0.15, 0.2) is 69.3 Å². The monoisotopic (exact) mass is 636 g/mol. The minimum absolute atomic E-state index is 0.00620. The number of allylic oxidation sites excluding steroid dienone is 8. The van der Waals surface area contributed by atoms with E-state index in [4.69, 9.17) is 11.5 Å². The summed E-state index contributed by atoms with van der Waals surface area (Å²) in [5.74, 6) is -0.0426. The number of carbonyl (C=O) groups is 2. The second-order valence-electron chi connectivity index (χ2n) is 17.6. The molecule has 0 radical (unpaired) electrons. The minimum atomic E-state index is -0.398. The van der Waals surface area contributed by atoms with Crippen molar-refractivity contribution in [3.63, 3.8) is 0 Å². The van der Waals surface area contributed by atoms with Gasteiger partial charge in [-0.15, -0.1) is 0 Å². The van der Waals surface area contributed by atoms with Crippen molar-refractivity contribution in [1.29, 1.82) is 0 Å². The highest BCUT2D eigenvalue weighted by molar-refractivity contribution is 5.92. The number of amides is 2. The third-order valence-electron chi connectivity index (χ3n) is 9.26. The molecule has 2 aliphatic rings. The first-order valence-electron chi connectivity index (χ1n) is 17.2. The lowest BCUT2D eigenvalue weighted by atomic mass is 9.71. The number of unbranched alkanes of at least 4 members (excludes halogenated alkanes) is 3. The first-order chi connectivity index (χ1) is 20.8. The molecule has 6 heteroatoms. The molecule has 2 unspecified atom stereocenters. The maximum Gasteiger partial charge on any atom is 0.244 e. The van der Waals surface area contributed by atoms with Gasteiger partial charge in [-0.1, -0.05) is 120 Å². The van der Waals surface area contributed by atoms with Crippen molar-refractivity contribution in [2.24, 2.45) is 45.0 Å². The number of hydrogen-bond donors (Lipinski definition) is 4. The molecule has 0 aromatic carbocycles. The van der Waals surface area contributed by atoms with Crippen molar-refractivity contribution < 1.29 is 19.8 Å². The van der Waals surface area contributed by atoms with Crippen molar-refractivity contribution >= 4 is 11.8 Å². The molecule has 2 atom stereocenters. The van der Waals surface area contributed by atoms with Crippen molar-refractivity contribution in [2.45, 2.75) is 134 Å². The normalized spacial score (nSPS) is 21.0. The topological polar surface area (TPSA) is 127 Å². The van der Waals surface area contributed by atoms with E-state index in [1.807, 2.05) is 12.2 Å². The fraction of sp³-hybridized carbons (Fsp3) is 0.650. The van der Waals surface area contributed by atoms with E-state index >= 15 is 0 Å². The van der Waals surface area contributed by atoms with Gasteiger partial charge in [0, 0.05) is 23.0 Å². The molecule has 6 N–H and O–H groups in total. The molecule has 0 aromatic rings. The van der Waals surface area contributed by atoms with Gasteiger partial charge in [0.25, 0.3) is 0 Å². The van der Waals surface area contributed by atoms with Gasteiger partial charge in [-0.2, -0.15) is 0 Å². The van der Waals surface area contributed by atoms with E-state index in [-0.39, 0.29) is 33.5 Å². The van der Waals surface area contributed by atoms with E-state index < -0.39 is 11.8 Å². The first kappa shape index (κ1) is 39.2. The summed E-state index contributed by atoms with van der Waals surface area (Å²) in [7, 11) is 0. The molecule has 0 saturated heterocycles. The molecule has 2 amide bonds. The molecule has 2 aliphatic carbocycles. The van der Waals surface area contributed by atoms with E-state index in [1.54, 1.807) is 0 Å². The second kappa shape index (κ2) is 14.8. The van der Waals surface area contributed by atoms with E-state index in [1.165, 1.54) is 0 Å². The third kappa shape index (κ3) is 10.8. The van der Waals surface area contributed by atoms with Crippen LogP contribution in [0.1, 0.15) is 134 Å². The number of hydrogen-bond acceptors (Lipinski definition) is 4. The van der Waals surface area contributed by atoms with Crippen LogP contribution in [0.25, 0.3) is 0 Å². The molecule has 2 rings (SSSR count). The summed E-state index contributed by atoms with van der Waals surface area (Å²) < 4.78 is 0. The quantitative estimate of drug-likeness (QED) is 0.133. The lowest BCUT2D eigenvalue weighted by Crippen LogP contribution is -2.24. The number of aliphatic hydroxyl groups is 2. The number of rotatable bonds is 11. The Morgan fingerprint density at radius 1 is 0.609 bits per heavy atom. The second-order valence-corrected chi connectivity index (χ2v) is 17.6. The van der Waals surface area contributed by atoms with Crippen molar-refractivity contribution in [2.75, 3.05) is 0 Å². The summed E-state index contributed by atoms with van der Waals surface area (Å²) in [6, 6.07) is 0. The molecular formula is C40H64N2O4. The number of primary amides is 2. The van der Waals surface area contributed by atoms with Crippen LogP contribution in [0.2, 0.25) is 0 Å². The Kier molecular flexibility index (Phi) is 12.6. The van der Waals surface area contributed by atoms with Crippen LogP contribution in [0.4, 0.5) is 0 Å². The molecule has 0 heterocycles. The van der Waals surface area contributed by atoms with Crippen LogP contribution in [0.5, 0.6) is 0 Å². The standard InChI is InChI=1S/C40H64N2O4/c1-37(2,3)29-21-25(22-30(33(29)43)38(4,5)6)19-27(35(41)45)17-15-13-14-16-18-28(36(42)46)20-26-23-31(39(7,8)9)34(44)32(24-26)40(10,11)12/h19-21,23,25-26,43-44H,13-18,22,24H2,1-12H3,(H2,41,45)(H2,42,46). The summed E-state index contributed by atoms with van der Waals surface area (Å²) in [6.45, 7) is 25.2. The zero-order valence-electron chi connectivity index (χ0n) is 31.0. The Morgan fingerprint density at radius 2 is 0.913 bits per heavy atom. The number of aliphatic hydroxyl groups excluding tert-OH is 2. The number of nitrogens with two attached hydrogens (primary N) is 2. The Bertz CT molecular complexity index is 1230. The van der Waals surface area contributed by atoms with Crippen molar-refractivity contribution in [1.82, 2.24) is 0 Å². The smallest absolute Gasteiger partial charge is 0.244 e. The van der Waals surface area contributed by atoms with E-state index in [9.17, 15) is 19.8 Å². The van der Waals surface area contributed by atoms with Crippen molar-refractivity contribution in [3.8, 4) is 0 Å². The van der Waals surface area contributed by atoms with Gasteiger partial charge in [-0.3, -0.25) is 9.59 Å². The molecular weight excluding hydrogens is 572 g/mol. The summed E-state index contributed by atoms with van der Waals surface area (Å²) in [6.07, 6.45) is 14.2. The predicted octanol–water partition coefficient (Wildman–Crippen LogP) is 9.85. The Labute approximate surface area is 279 Å². The van der Waals surface area contributed by atoms with Crippen LogP contribution in [0.3, 0.4) is 0 Å². The van der Waals surface area contributed by atoms with Crippen molar-refractivity contribution in [3.05, 3.63) is 69.3 Å². The fourth-order valence-corrected chi connectivity index (χ4v) is 6.52. The molecule has 258 valence electrons. The zero-order valence-corrected chi connectivity index (χ0v) is 31.0. The Balaban J connectivity index is 2.09. The number of carbonyl (C=O) groups excluding carboxylic acids is 2. The highest BCUT2D eigenvalue weighted by atomic mass is 16.3. The van der Waals surface area contributed by atoms with Crippen LogP contribution in [-0.2, 0) is 9.59 Å². The summed E-state index contributed by atoms with van der Waals surface area (Å²) in [4.78, 5) is 24.9. The average molecular weight is 637 g/mol. The van der Waals surface area contributed by atoms with Gasteiger partial charge < -0.3 is 21.7 Å². The summed E-state index contributed by atoms with van der Waals surface area (Å²) >= 11 is 0. The van der Waals surface area contributed by atoms with Crippen LogP contribution < -0.4 is 11.5 Å². The molecule has 0 aromatic heterocycles. The molecule has 46 heavy (non-hydrogen) atoms. The highest BCUT2D eigenvalue weighted by Gasteiger charge is 2.35. The maximum absolute atomic E-state index is 12.4.